The second-order valence-corrected chi connectivity index (χ2v) is 6.56. The van der Waals surface area contributed by atoms with Crippen LogP contribution in [0.5, 0.6) is 0 Å². The number of rotatable bonds is 8. The van der Waals surface area contributed by atoms with Gasteiger partial charge < -0.3 is 9.84 Å². The minimum atomic E-state index is -3.54. The Bertz CT molecular complexity index is 498. The van der Waals surface area contributed by atoms with E-state index in [4.69, 9.17) is 9.84 Å². The molecule has 0 aliphatic rings. The van der Waals surface area contributed by atoms with Crippen LogP contribution in [0, 0.1) is 0 Å². The van der Waals surface area contributed by atoms with Gasteiger partial charge in [0.1, 0.15) is 0 Å². The van der Waals surface area contributed by atoms with E-state index in [9.17, 15) is 8.42 Å². The molecule has 1 aromatic carbocycles. The summed E-state index contributed by atoms with van der Waals surface area (Å²) in [6, 6.07) is 6.22. The Morgan fingerprint density at radius 2 is 1.90 bits per heavy atom. The van der Waals surface area contributed by atoms with E-state index in [1.54, 1.807) is 19.2 Å². The van der Waals surface area contributed by atoms with E-state index in [0.717, 1.165) is 6.42 Å². The zero-order chi connectivity index (χ0) is 15.2. The lowest BCUT2D eigenvalue weighted by Crippen LogP contribution is -2.40. The lowest BCUT2D eigenvalue weighted by Gasteiger charge is -2.27. The van der Waals surface area contributed by atoms with E-state index in [0.29, 0.717) is 18.7 Å². The van der Waals surface area contributed by atoms with Gasteiger partial charge >= 0.3 is 0 Å². The molecule has 6 heteroatoms. The van der Waals surface area contributed by atoms with Gasteiger partial charge in [-0.2, -0.15) is 4.31 Å². The van der Waals surface area contributed by atoms with Crippen molar-refractivity contribution >= 4 is 10.0 Å². The predicted octanol–water partition coefficient (Wildman–Crippen LogP) is 1.61. The maximum Gasteiger partial charge on any atom is 0.243 e. The van der Waals surface area contributed by atoms with Gasteiger partial charge in [-0.25, -0.2) is 8.42 Å². The van der Waals surface area contributed by atoms with E-state index in [2.05, 4.69) is 0 Å². The summed E-state index contributed by atoms with van der Waals surface area (Å²) < 4.78 is 31.8. The Hall–Kier alpha value is -0.950. The fourth-order valence-electron chi connectivity index (χ4n) is 1.86. The van der Waals surface area contributed by atoms with Crippen molar-refractivity contribution in [2.24, 2.45) is 0 Å². The first-order valence-electron chi connectivity index (χ1n) is 6.68. The summed E-state index contributed by atoms with van der Waals surface area (Å²) in [5.74, 6) is 0. The number of hydrogen-bond donors (Lipinski definition) is 1. The molecule has 1 unspecified atom stereocenters. The Kier molecular flexibility index (Phi) is 6.61. The predicted molar refractivity (Wildman–Crippen MR) is 77.9 cm³/mol. The van der Waals surface area contributed by atoms with Gasteiger partial charge in [0.15, 0.2) is 0 Å². The summed E-state index contributed by atoms with van der Waals surface area (Å²) in [6.45, 7) is 4.43. The molecule has 0 bridgehead atoms. The van der Waals surface area contributed by atoms with Crippen molar-refractivity contribution in [3.63, 3.8) is 0 Å². The molecule has 1 atom stereocenters. The molecule has 0 aliphatic carbocycles. The molecule has 20 heavy (non-hydrogen) atoms. The summed E-state index contributed by atoms with van der Waals surface area (Å²) in [6.07, 6.45) is 0.734. The average Bonchev–Trinajstić information content (AvgIpc) is 2.47. The summed E-state index contributed by atoms with van der Waals surface area (Å²) in [5.41, 5.74) is 0.691. The van der Waals surface area contributed by atoms with Crippen LogP contribution in [-0.4, -0.2) is 44.1 Å². The zero-order valence-electron chi connectivity index (χ0n) is 12.2. The Morgan fingerprint density at radius 1 is 1.30 bits per heavy atom. The fraction of sp³-hybridized carbons (Fsp3) is 0.571. The monoisotopic (exact) mass is 301 g/mol. The van der Waals surface area contributed by atoms with Crippen molar-refractivity contribution in [3.8, 4) is 0 Å². The molecular weight excluding hydrogens is 278 g/mol. The van der Waals surface area contributed by atoms with Crippen LogP contribution >= 0.6 is 0 Å². The second-order valence-electron chi connectivity index (χ2n) is 4.67. The van der Waals surface area contributed by atoms with Gasteiger partial charge in [-0.3, -0.25) is 0 Å². The van der Waals surface area contributed by atoms with Crippen LogP contribution in [0.3, 0.4) is 0 Å². The van der Waals surface area contributed by atoms with E-state index in [1.165, 1.54) is 16.4 Å². The first-order valence-corrected chi connectivity index (χ1v) is 8.12. The molecule has 114 valence electrons. The van der Waals surface area contributed by atoms with Crippen molar-refractivity contribution in [3.05, 3.63) is 29.8 Å². The van der Waals surface area contributed by atoms with Crippen LogP contribution in [0.1, 0.15) is 25.8 Å². The van der Waals surface area contributed by atoms with Crippen LogP contribution in [0.25, 0.3) is 0 Å². The van der Waals surface area contributed by atoms with Gasteiger partial charge in [-0.05, 0) is 31.0 Å². The smallest absolute Gasteiger partial charge is 0.243 e. The standard InChI is InChI=1S/C14H23NO4S/c1-4-12(2)15(9-10-19-3)20(17,18)14-7-5-13(11-16)6-8-14/h5-8,12,16H,4,9-11H2,1-3H3. The first-order chi connectivity index (χ1) is 9.47. The van der Waals surface area contributed by atoms with Crippen LogP contribution < -0.4 is 0 Å². The van der Waals surface area contributed by atoms with E-state index >= 15 is 0 Å². The average molecular weight is 301 g/mol. The highest BCUT2D eigenvalue weighted by molar-refractivity contribution is 7.89. The molecule has 0 amide bonds. The third kappa shape index (κ3) is 4.02. The topological polar surface area (TPSA) is 66.8 Å². The van der Waals surface area contributed by atoms with Gasteiger partial charge in [0.05, 0.1) is 18.1 Å². The maximum atomic E-state index is 12.6. The summed E-state index contributed by atoms with van der Waals surface area (Å²) in [5, 5.41) is 9.01. The van der Waals surface area contributed by atoms with E-state index in [1.807, 2.05) is 13.8 Å². The Balaban J connectivity index is 3.07. The highest BCUT2D eigenvalue weighted by atomic mass is 32.2. The third-order valence-electron chi connectivity index (χ3n) is 3.31. The minimum absolute atomic E-state index is 0.0901. The number of methoxy groups -OCH3 is 1. The van der Waals surface area contributed by atoms with Crippen LogP contribution in [0.4, 0.5) is 0 Å². The normalized spacial score (nSPS) is 13.7. The van der Waals surface area contributed by atoms with Crippen molar-refractivity contribution < 1.29 is 18.3 Å². The van der Waals surface area contributed by atoms with Gasteiger partial charge in [-0.15, -0.1) is 0 Å². The fourth-order valence-corrected chi connectivity index (χ4v) is 3.55. The number of aliphatic hydroxyl groups is 1. The second kappa shape index (κ2) is 7.73. The quantitative estimate of drug-likeness (QED) is 0.792. The van der Waals surface area contributed by atoms with Gasteiger partial charge in [0.25, 0.3) is 0 Å². The minimum Gasteiger partial charge on any atom is -0.392 e. The largest absolute Gasteiger partial charge is 0.392 e. The molecule has 5 nitrogen and oxygen atoms in total. The number of ether oxygens (including phenoxy) is 1. The first kappa shape index (κ1) is 17.1. The molecule has 0 aliphatic heterocycles. The molecular formula is C14H23NO4S. The molecule has 1 N–H and O–H groups in total. The molecule has 0 heterocycles. The molecule has 0 radical (unpaired) electrons. The Morgan fingerprint density at radius 3 is 2.35 bits per heavy atom. The van der Waals surface area contributed by atoms with Crippen molar-refractivity contribution in [2.75, 3.05) is 20.3 Å². The van der Waals surface area contributed by atoms with E-state index < -0.39 is 10.0 Å². The summed E-state index contributed by atoms with van der Waals surface area (Å²) in [4.78, 5) is 0.242. The maximum absolute atomic E-state index is 12.6. The highest BCUT2D eigenvalue weighted by Gasteiger charge is 2.27. The molecule has 0 fully saturated rings. The summed E-state index contributed by atoms with van der Waals surface area (Å²) in [7, 11) is -1.98. The van der Waals surface area contributed by atoms with Crippen molar-refractivity contribution in [2.45, 2.75) is 37.8 Å². The number of aliphatic hydroxyl groups excluding tert-OH is 1. The van der Waals surface area contributed by atoms with Gasteiger partial charge in [0, 0.05) is 19.7 Å². The number of nitrogens with zero attached hydrogens (tertiary/aromatic N) is 1. The van der Waals surface area contributed by atoms with Crippen molar-refractivity contribution in [1.82, 2.24) is 4.31 Å². The molecule has 0 saturated carbocycles. The third-order valence-corrected chi connectivity index (χ3v) is 5.34. The molecule has 0 aromatic heterocycles. The summed E-state index contributed by atoms with van der Waals surface area (Å²) >= 11 is 0. The van der Waals surface area contributed by atoms with Crippen LogP contribution in [0.2, 0.25) is 0 Å². The lowest BCUT2D eigenvalue weighted by molar-refractivity contribution is 0.167. The van der Waals surface area contributed by atoms with Crippen LogP contribution in [0.15, 0.2) is 29.2 Å². The number of hydrogen-bond acceptors (Lipinski definition) is 4. The van der Waals surface area contributed by atoms with Gasteiger partial charge in [0.2, 0.25) is 10.0 Å². The highest BCUT2D eigenvalue weighted by Crippen LogP contribution is 2.20. The molecule has 1 rings (SSSR count). The number of sulfonamides is 1. The number of benzene rings is 1. The van der Waals surface area contributed by atoms with E-state index in [-0.39, 0.29) is 17.5 Å². The Labute approximate surface area is 121 Å². The SMILES string of the molecule is CCC(C)N(CCOC)S(=O)(=O)c1ccc(CO)cc1. The van der Waals surface area contributed by atoms with Crippen molar-refractivity contribution in [1.29, 1.82) is 0 Å². The zero-order valence-corrected chi connectivity index (χ0v) is 13.1. The van der Waals surface area contributed by atoms with Gasteiger partial charge in [-0.1, -0.05) is 19.1 Å². The van der Waals surface area contributed by atoms with Crippen LogP contribution in [-0.2, 0) is 21.4 Å². The molecule has 0 spiro atoms. The molecule has 1 aromatic rings. The lowest BCUT2D eigenvalue weighted by atomic mass is 10.2. The molecule has 0 saturated heterocycles.